The molecule has 0 aliphatic heterocycles. The molecule has 0 radical (unpaired) electrons. The second-order valence-electron chi connectivity index (χ2n) is 3.73. The lowest BCUT2D eigenvalue weighted by Gasteiger charge is -1.94. The highest BCUT2D eigenvalue weighted by molar-refractivity contribution is 7.15. The van der Waals surface area contributed by atoms with Gasteiger partial charge in [0.25, 0.3) is 0 Å². The van der Waals surface area contributed by atoms with E-state index in [-0.39, 0.29) is 6.42 Å². The SMILES string of the molecule is O=C(O)CCc1csc2nc(-c3cccs3)nn12. The van der Waals surface area contributed by atoms with Gasteiger partial charge in [0.2, 0.25) is 4.96 Å². The molecule has 0 saturated heterocycles. The summed E-state index contributed by atoms with van der Waals surface area (Å²) in [4.78, 5) is 16.8. The first kappa shape index (κ1) is 11.4. The minimum absolute atomic E-state index is 0.111. The first-order chi connectivity index (χ1) is 8.74. The first-order valence-corrected chi connectivity index (χ1v) is 7.09. The second-order valence-corrected chi connectivity index (χ2v) is 5.51. The molecule has 0 atom stereocenters. The Bertz CT molecular complexity index is 684. The number of rotatable bonds is 4. The summed E-state index contributed by atoms with van der Waals surface area (Å²) < 4.78 is 1.74. The third kappa shape index (κ3) is 2.02. The van der Waals surface area contributed by atoms with E-state index in [1.807, 2.05) is 22.9 Å². The Morgan fingerprint density at radius 1 is 1.44 bits per heavy atom. The van der Waals surface area contributed by atoms with Crippen molar-refractivity contribution in [3.8, 4) is 10.7 Å². The topological polar surface area (TPSA) is 67.5 Å². The Kier molecular flexibility index (Phi) is 2.85. The molecule has 0 aromatic carbocycles. The molecule has 0 fully saturated rings. The summed E-state index contributed by atoms with van der Waals surface area (Å²) >= 11 is 3.08. The van der Waals surface area contributed by atoms with Crippen LogP contribution in [0.5, 0.6) is 0 Å². The number of fused-ring (bicyclic) bond motifs is 1. The number of aliphatic carboxylic acids is 1. The quantitative estimate of drug-likeness (QED) is 0.797. The molecule has 0 aliphatic rings. The van der Waals surface area contributed by atoms with E-state index in [0.29, 0.717) is 12.2 Å². The molecule has 0 spiro atoms. The lowest BCUT2D eigenvalue weighted by atomic mass is 10.2. The third-order valence-corrected chi connectivity index (χ3v) is 4.22. The van der Waals surface area contributed by atoms with Crippen LogP contribution in [-0.2, 0) is 11.2 Å². The highest BCUT2D eigenvalue weighted by Crippen LogP contribution is 2.24. The number of carboxylic acid groups (broad SMARTS) is 1. The summed E-state index contributed by atoms with van der Waals surface area (Å²) in [6.07, 6.45) is 0.586. The van der Waals surface area contributed by atoms with Gasteiger partial charge in [0, 0.05) is 11.8 Å². The van der Waals surface area contributed by atoms with Gasteiger partial charge in [-0.25, -0.2) is 4.52 Å². The number of aryl methyl sites for hydroxylation is 1. The van der Waals surface area contributed by atoms with Crippen LogP contribution in [0, 0.1) is 0 Å². The van der Waals surface area contributed by atoms with Crippen LogP contribution in [0.1, 0.15) is 12.1 Å². The summed E-state index contributed by atoms with van der Waals surface area (Å²) in [6, 6.07) is 3.93. The second kappa shape index (κ2) is 4.51. The predicted octanol–water partition coefficient (Wildman–Crippen LogP) is 2.54. The highest BCUT2D eigenvalue weighted by Gasteiger charge is 2.12. The highest BCUT2D eigenvalue weighted by atomic mass is 32.1. The predicted molar refractivity (Wildman–Crippen MR) is 70.1 cm³/mol. The van der Waals surface area contributed by atoms with Crippen LogP contribution in [-0.4, -0.2) is 25.7 Å². The molecule has 3 aromatic heterocycles. The largest absolute Gasteiger partial charge is 0.481 e. The van der Waals surface area contributed by atoms with Crippen LogP contribution >= 0.6 is 22.7 Å². The van der Waals surface area contributed by atoms with Crippen LogP contribution in [0.2, 0.25) is 0 Å². The first-order valence-electron chi connectivity index (χ1n) is 5.33. The lowest BCUT2D eigenvalue weighted by Crippen LogP contribution is -2.00. The molecule has 92 valence electrons. The molecular formula is C11H9N3O2S2. The van der Waals surface area contributed by atoms with E-state index < -0.39 is 5.97 Å². The number of aromatic nitrogens is 3. The number of thiophene rings is 1. The summed E-state index contributed by atoms with van der Waals surface area (Å²) in [5.74, 6) is -0.0960. The van der Waals surface area contributed by atoms with Crippen LogP contribution in [0.4, 0.5) is 0 Å². The fourth-order valence-electron chi connectivity index (χ4n) is 1.64. The van der Waals surface area contributed by atoms with Crippen LogP contribution < -0.4 is 0 Å². The zero-order valence-corrected chi connectivity index (χ0v) is 10.9. The standard InChI is InChI=1S/C11H9N3O2S2/c15-9(16)4-3-7-6-18-11-12-10(13-14(7)11)8-2-1-5-17-8/h1-2,5-6H,3-4H2,(H,15,16). The van der Waals surface area contributed by atoms with Crippen LogP contribution in [0.3, 0.4) is 0 Å². The van der Waals surface area contributed by atoms with Crippen molar-refractivity contribution >= 4 is 33.6 Å². The number of carbonyl (C=O) groups is 1. The molecule has 0 saturated carbocycles. The molecule has 0 amide bonds. The maximum Gasteiger partial charge on any atom is 0.303 e. The Morgan fingerprint density at radius 3 is 3.06 bits per heavy atom. The molecule has 0 bridgehead atoms. The average molecular weight is 279 g/mol. The number of hydrogen-bond donors (Lipinski definition) is 1. The van der Waals surface area contributed by atoms with E-state index in [9.17, 15) is 4.79 Å². The van der Waals surface area contributed by atoms with Gasteiger partial charge in [-0.15, -0.1) is 27.8 Å². The van der Waals surface area contributed by atoms with E-state index in [2.05, 4.69) is 10.1 Å². The van der Waals surface area contributed by atoms with Gasteiger partial charge in [-0.1, -0.05) is 6.07 Å². The number of nitrogens with zero attached hydrogens (tertiary/aromatic N) is 3. The van der Waals surface area contributed by atoms with Gasteiger partial charge in [-0.05, 0) is 11.4 Å². The Hall–Kier alpha value is -1.73. The number of hydrogen-bond acceptors (Lipinski definition) is 5. The third-order valence-electron chi connectivity index (χ3n) is 2.49. The van der Waals surface area contributed by atoms with Gasteiger partial charge in [0.05, 0.1) is 17.0 Å². The molecule has 0 unspecified atom stereocenters. The van der Waals surface area contributed by atoms with E-state index >= 15 is 0 Å². The number of thiazole rings is 1. The molecule has 5 nitrogen and oxygen atoms in total. The van der Waals surface area contributed by atoms with Crippen molar-refractivity contribution in [2.75, 3.05) is 0 Å². The molecular weight excluding hydrogens is 270 g/mol. The molecule has 7 heteroatoms. The summed E-state index contributed by atoms with van der Waals surface area (Å²) in [7, 11) is 0. The molecule has 3 aromatic rings. The van der Waals surface area contributed by atoms with Crippen molar-refractivity contribution in [3.05, 3.63) is 28.6 Å². The maximum atomic E-state index is 10.6. The van der Waals surface area contributed by atoms with E-state index in [4.69, 9.17) is 5.11 Å². The summed E-state index contributed by atoms with van der Waals surface area (Å²) in [5, 5.41) is 17.0. The van der Waals surface area contributed by atoms with Gasteiger partial charge in [-0.3, -0.25) is 4.79 Å². The summed E-state index contributed by atoms with van der Waals surface area (Å²) in [5.41, 5.74) is 0.896. The molecule has 0 aliphatic carbocycles. The van der Waals surface area contributed by atoms with E-state index in [1.54, 1.807) is 15.9 Å². The fraction of sp³-hybridized carbons (Fsp3) is 0.182. The normalized spacial score (nSPS) is 11.1. The van der Waals surface area contributed by atoms with Crippen molar-refractivity contribution < 1.29 is 9.90 Å². The minimum Gasteiger partial charge on any atom is -0.481 e. The van der Waals surface area contributed by atoms with E-state index in [1.165, 1.54) is 11.3 Å². The van der Waals surface area contributed by atoms with Gasteiger partial charge in [0.1, 0.15) is 0 Å². The Balaban J connectivity index is 1.95. The van der Waals surface area contributed by atoms with Crippen molar-refractivity contribution in [1.29, 1.82) is 0 Å². The van der Waals surface area contributed by atoms with Gasteiger partial charge in [-0.2, -0.15) is 4.98 Å². The zero-order chi connectivity index (χ0) is 12.5. The molecule has 1 N–H and O–H groups in total. The van der Waals surface area contributed by atoms with Gasteiger partial charge >= 0.3 is 5.97 Å². The van der Waals surface area contributed by atoms with Crippen molar-refractivity contribution in [2.24, 2.45) is 0 Å². The minimum atomic E-state index is -0.798. The van der Waals surface area contributed by atoms with Crippen molar-refractivity contribution in [2.45, 2.75) is 12.8 Å². The molecule has 18 heavy (non-hydrogen) atoms. The van der Waals surface area contributed by atoms with Crippen LogP contribution in [0.25, 0.3) is 15.7 Å². The molecule has 3 rings (SSSR count). The van der Waals surface area contributed by atoms with Crippen LogP contribution in [0.15, 0.2) is 22.9 Å². The van der Waals surface area contributed by atoms with Crippen molar-refractivity contribution in [1.82, 2.24) is 14.6 Å². The molecule has 3 heterocycles. The number of carboxylic acids is 1. The van der Waals surface area contributed by atoms with Crippen molar-refractivity contribution in [3.63, 3.8) is 0 Å². The fourth-order valence-corrected chi connectivity index (χ4v) is 3.15. The van der Waals surface area contributed by atoms with E-state index in [0.717, 1.165) is 15.5 Å². The lowest BCUT2D eigenvalue weighted by molar-refractivity contribution is -0.136. The van der Waals surface area contributed by atoms with Gasteiger partial charge < -0.3 is 5.11 Å². The average Bonchev–Trinajstić information content (AvgIpc) is 3.02. The zero-order valence-electron chi connectivity index (χ0n) is 9.24. The maximum absolute atomic E-state index is 10.6. The Labute approximate surface area is 110 Å². The monoisotopic (exact) mass is 279 g/mol. The van der Waals surface area contributed by atoms with Gasteiger partial charge in [0.15, 0.2) is 5.82 Å². The Morgan fingerprint density at radius 2 is 2.33 bits per heavy atom. The smallest absolute Gasteiger partial charge is 0.303 e. The summed E-state index contributed by atoms with van der Waals surface area (Å²) in [6.45, 7) is 0.